The monoisotopic (exact) mass is 316 g/mol. The topological polar surface area (TPSA) is 59.9 Å². The van der Waals surface area contributed by atoms with E-state index in [1.807, 2.05) is 18.2 Å². The Balaban J connectivity index is 1.56. The Bertz CT molecular complexity index is 731. The molecule has 0 unspecified atom stereocenters. The van der Waals surface area contributed by atoms with Crippen molar-refractivity contribution in [3.05, 3.63) is 58.6 Å². The van der Waals surface area contributed by atoms with Crippen LogP contribution in [0.1, 0.15) is 11.1 Å². The third kappa shape index (κ3) is 3.56. The van der Waals surface area contributed by atoms with E-state index in [1.165, 1.54) is 0 Å². The Labute approximate surface area is 132 Å². The molecule has 0 radical (unpaired) electrons. The Kier molecular flexibility index (Phi) is 4.25. The molecule has 2 aromatic carbocycles. The van der Waals surface area contributed by atoms with Crippen molar-refractivity contribution in [2.45, 2.75) is 6.42 Å². The zero-order valence-corrected chi connectivity index (χ0v) is 12.3. The van der Waals surface area contributed by atoms with E-state index >= 15 is 0 Å². The van der Waals surface area contributed by atoms with Crippen molar-refractivity contribution in [2.75, 3.05) is 6.79 Å². The van der Waals surface area contributed by atoms with Gasteiger partial charge in [-0.25, -0.2) is 5.43 Å². The number of ether oxygens (including phenoxy) is 2. The molecule has 0 spiro atoms. The number of halogens is 1. The Morgan fingerprint density at radius 1 is 1.23 bits per heavy atom. The van der Waals surface area contributed by atoms with Gasteiger partial charge < -0.3 is 9.47 Å². The maximum Gasteiger partial charge on any atom is 0.244 e. The maximum atomic E-state index is 11.8. The van der Waals surface area contributed by atoms with E-state index in [1.54, 1.807) is 30.5 Å². The summed E-state index contributed by atoms with van der Waals surface area (Å²) in [5, 5.41) is 4.53. The number of benzene rings is 2. The lowest BCUT2D eigenvalue weighted by Crippen LogP contribution is -2.19. The highest BCUT2D eigenvalue weighted by Crippen LogP contribution is 2.32. The van der Waals surface area contributed by atoms with Crippen LogP contribution >= 0.6 is 11.6 Å². The SMILES string of the molecule is O=C(Cc1ccc2c(c1)OCO2)NN=Cc1cccc(Cl)c1. The van der Waals surface area contributed by atoms with E-state index in [4.69, 9.17) is 21.1 Å². The fraction of sp³-hybridized carbons (Fsp3) is 0.125. The summed E-state index contributed by atoms with van der Waals surface area (Å²) in [6.07, 6.45) is 1.76. The van der Waals surface area contributed by atoms with Crippen LogP contribution in [-0.2, 0) is 11.2 Å². The Morgan fingerprint density at radius 2 is 2.09 bits per heavy atom. The molecule has 1 aliphatic heterocycles. The van der Waals surface area contributed by atoms with Crippen molar-refractivity contribution in [1.82, 2.24) is 5.43 Å². The first-order valence-electron chi connectivity index (χ1n) is 6.67. The van der Waals surface area contributed by atoms with E-state index in [9.17, 15) is 4.79 Å². The average molecular weight is 317 g/mol. The van der Waals surface area contributed by atoms with Crippen molar-refractivity contribution < 1.29 is 14.3 Å². The van der Waals surface area contributed by atoms with Crippen molar-refractivity contribution in [3.63, 3.8) is 0 Å². The standard InChI is InChI=1S/C16H13ClN2O3/c17-13-3-1-2-12(6-13)9-18-19-16(20)8-11-4-5-14-15(7-11)22-10-21-14/h1-7,9H,8,10H2,(H,19,20). The van der Waals surface area contributed by atoms with Gasteiger partial charge in [0.1, 0.15) is 0 Å². The van der Waals surface area contributed by atoms with Crippen molar-refractivity contribution in [2.24, 2.45) is 5.10 Å². The first-order valence-corrected chi connectivity index (χ1v) is 7.04. The molecule has 22 heavy (non-hydrogen) atoms. The predicted molar refractivity (Wildman–Crippen MR) is 83.5 cm³/mol. The number of hydrogen-bond donors (Lipinski definition) is 1. The van der Waals surface area contributed by atoms with Crippen LogP contribution in [0.3, 0.4) is 0 Å². The highest BCUT2D eigenvalue weighted by molar-refractivity contribution is 6.30. The highest BCUT2D eigenvalue weighted by atomic mass is 35.5. The molecule has 0 saturated heterocycles. The minimum Gasteiger partial charge on any atom is -0.454 e. The van der Waals surface area contributed by atoms with Crippen molar-refractivity contribution in [3.8, 4) is 11.5 Å². The average Bonchev–Trinajstić information content (AvgIpc) is 2.95. The second-order valence-electron chi connectivity index (χ2n) is 4.71. The lowest BCUT2D eigenvalue weighted by molar-refractivity contribution is -0.120. The lowest BCUT2D eigenvalue weighted by atomic mass is 10.1. The molecule has 2 aromatic rings. The first-order chi connectivity index (χ1) is 10.7. The molecule has 1 heterocycles. The summed E-state index contributed by atoms with van der Waals surface area (Å²) in [7, 11) is 0. The van der Waals surface area contributed by atoms with Gasteiger partial charge in [-0.05, 0) is 35.4 Å². The zero-order valence-electron chi connectivity index (χ0n) is 11.6. The number of nitrogens with one attached hydrogen (secondary N) is 1. The molecule has 0 saturated carbocycles. The molecular formula is C16H13ClN2O3. The molecular weight excluding hydrogens is 304 g/mol. The van der Waals surface area contributed by atoms with E-state index in [0.717, 1.165) is 11.1 Å². The zero-order chi connectivity index (χ0) is 15.4. The minimum atomic E-state index is -0.211. The van der Waals surface area contributed by atoms with Gasteiger partial charge in [0.2, 0.25) is 12.7 Å². The van der Waals surface area contributed by atoms with Crippen LogP contribution in [0.5, 0.6) is 11.5 Å². The lowest BCUT2D eigenvalue weighted by Gasteiger charge is -2.02. The summed E-state index contributed by atoms with van der Waals surface area (Å²) in [4.78, 5) is 11.8. The van der Waals surface area contributed by atoms with Crippen LogP contribution in [0.15, 0.2) is 47.6 Å². The normalized spacial score (nSPS) is 12.6. The summed E-state index contributed by atoms with van der Waals surface area (Å²) >= 11 is 5.87. The molecule has 0 fully saturated rings. The molecule has 6 heteroatoms. The molecule has 1 aliphatic rings. The molecule has 0 bridgehead atoms. The van der Waals surface area contributed by atoms with E-state index in [2.05, 4.69) is 10.5 Å². The molecule has 1 N–H and O–H groups in total. The number of nitrogens with zero attached hydrogens (tertiary/aromatic N) is 1. The van der Waals surface area contributed by atoms with Crippen LogP contribution in [-0.4, -0.2) is 18.9 Å². The minimum absolute atomic E-state index is 0.211. The van der Waals surface area contributed by atoms with E-state index in [-0.39, 0.29) is 19.1 Å². The molecule has 1 amide bonds. The van der Waals surface area contributed by atoms with Crippen LogP contribution in [0, 0.1) is 0 Å². The van der Waals surface area contributed by atoms with Crippen LogP contribution in [0.2, 0.25) is 5.02 Å². The number of carbonyl (C=O) groups excluding carboxylic acids is 1. The first kappa shape index (κ1) is 14.4. The largest absolute Gasteiger partial charge is 0.454 e. The fourth-order valence-electron chi connectivity index (χ4n) is 2.04. The van der Waals surface area contributed by atoms with Gasteiger partial charge in [-0.1, -0.05) is 29.8 Å². The number of hydrogen-bond acceptors (Lipinski definition) is 4. The van der Waals surface area contributed by atoms with Gasteiger partial charge in [-0.15, -0.1) is 0 Å². The maximum absolute atomic E-state index is 11.8. The summed E-state index contributed by atoms with van der Waals surface area (Å²) in [5.41, 5.74) is 4.13. The molecule has 0 atom stereocenters. The molecule has 0 aromatic heterocycles. The second-order valence-corrected chi connectivity index (χ2v) is 5.15. The van der Waals surface area contributed by atoms with Gasteiger partial charge in [-0.3, -0.25) is 4.79 Å². The fourth-order valence-corrected chi connectivity index (χ4v) is 2.24. The van der Waals surface area contributed by atoms with E-state index in [0.29, 0.717) is 16.5 Å². The highest BCUT2D eigenvalue weighted by Gasteiger charge is 2.14. The molecule has 3 rings (SSSR count). The smallest absolute Gasteiger partial charge is 0.244 e. The summed E-state index contributed by atoms with van der Waals surface area (Å²) in [5.74, 6) is 1.15. The van der Waals surface area contributed by atoms with E-state index < -0.39 is 0 Å². The summed E-state index contributed by atoms with van der Waals surface area (Å²) in [6.45, 7) is 0.217. The van der Waals surface area contributed by atoms with Gasteiger partial charge in [0.25, 0.3) is 0 Å². The molecule has 112 valence electrons. The second kappa shape index (κ2) is 6.49. The Morgan fingerprint density at radius 3 is 2.95 bits per heavy atom. The molecule has 0 aliphatic carbocycles. The quantitative estimate of drug-likeness (QED) is 0.697. The van der Waals surface area contributed by atoms with Crippen LogP contribution < -0.4 is 14.9 Å². The Hall–Kier alpha value is -2.53. The third-order valence-electron chi connectivity index (χ3n) is 3.05. The summed E-state index contributed by atoms with van der Waals surface area (Å²) in [6, 6.07) is 12.6. The van der Waals surface area contributed by atoms with Crippen LogP contribution in [0.25, 0.3) is 0 Å². The number of rotatable bonds is 4. The van der Waals surface area contributed by atoms with Crippen molar-refractivity contribution >= 4 is 23.7 Å². The van der Waals surface area contributed by atoms with Crippen molar-refractivity contribution in [1.29, 1.82) is 0 Å². The number of carbonyl (C=O) groups is 1. The van der Waals surface area contributed by atoms with Gasteiger partial charge in [0.05, 0.1) is 12.6 Å². The number of fused-ring (bicyclic) bond motifs is 1. The third-order valence-corrected chi connectivity index (χ3v) is 3.29. The number of amides is 1. The van der Waals surface area contributed by atoms with Gasteiger partial charge >= 0.3 is 0 Å². The van der Waals surface area contributed by atoms with Gasteiger partial charge in [-0.2, -0.15) is 5.10 Å². The summed E-state index contributed by atoms with van der Waals surface area (Å²) < 4.78 is 10.5. The van der Waals surface area contributed by atoms with Gasteiger partial charge in [0.15, 0.2) is 11.5 Å². The number of hydrazone groups is 1. The predicted octanol–water partition coefficient (Wildman–Crippen LogP) is 2.76. The van der Waals surface area contributed by atoms with Crippen LogP contribution in [0.4, 0.5) is 0 Å². The molecule has 5 nitrogen and oxygen atoms in total. The van der Waals surface area contributed by atoms with Gasteiger partial charge in [0, 0.05) is 5.02 Å².